The lowest BCUT2D eigenvalue weighted by atomic mass is 9.71. The van der Waals surface area contributed by atoms with Gasteiger partial charge >= 0.3 is 11.9 Å². The van der Waals surface area contributed by atoms with Crippen molar-refractivity contribution >= 4 is 23.5 Å². The minimum absolute atomic E-state index is 0.162. The molecule has 1 aliphatic heterocycles. The topological polar surface area (TPSA) is 77.5 Å². The fraction of sp³-hybridized carbons (Fsp3) is 0.500. The Morgan fingerprint density at radius 3 is 2.41 bits per heavy atom. The molecular weight excluding hydrogens is 224 g/mol. The van der Waals surface area contributed by atoms with Gasteiger partial charge < -0.3 is 4.74 Å². The standard InChI is InChI=1S/C12H12O5/c1-5(13)7-3-4-8(6(2)14)10-9(7)11(15)17-12(10)16/h3,8-10H,4H2,1-2H3. The predicted octanol–water partition coefficient (Wildman–Crippen LogP) is 0.426. The molecule has 0 amide bonds. The van der Waals surface area contributed by atoms with Crippen molar-refractivity contribution in [2.24, 2.45) is 17.8 Å². The van der Waals surface area contributed by atoms with E-state index in [1.165, 1.54) is 13.8 Å². The fourth-order valence-corrected chi connectivity index (χ4v) is 2.54. The summed E-state index contributed by atoms with van der Waals surface area (Å²) in [7, 11) is 0. The molecule has 5 nitrogen and oxygen atoms in total. The van der Waals surface area contributed by atoms with Crippen LogP contribution in [-0.4, -0.2) is 23.5 Å². The van der Waals surface area contributed by atoms with Crippen LogP contribution in [0.3, 0.4) is 0 Å². The van der Waals surface area contributed by atoms with Gasteiger partial charge in [-0.3, -0.25) is 19.2 Å². The molecule has 1 heterocycles. The van der Waals surface area contributed by atoms with Crippen LogP contribution in [0, 0.1) is 17.8 Å². The number of ketones is 2. The zero-order valence-electron chi connectivity index (χ0n) is 9.56. The lowest BCUT2D eigenvalue weighted by Crippen LogP contribution is -2.36. The molecule has 2 aliphatic rings. The van der Waals surface area contributed by atoms with Crippen LogP contribution in [0.15, 0.2) is 11.6 Å². The quantitative estimate of drug-likeness (QED) is 0.513. The van der Waals surface area contributed by atoms with Gasteiger partial charge in [-0.1, -0.05) is 6.08 Å². The highest BCUT2D eigenvalue weighted by molar-refractivity contribution is 6.08. The molecule has 0 spiro atoms. The number of rotatable bonds is 2. The Morgan fingerprint density at radius 2 is 1.88 bits per heavy atom. The number of carbonyl (C=O) groups is 4. The van der Waals surface area contributed by atoms with Gasteiger partial charge in [0.05, 0.1) is 11.8 Å². The summed E-state index contributed by atoms with van der Waals surface area (Å²) in [6, 6.07) is 0. The Labute approximate surface area is 97.8 Å². The number of ether oxygens (including phenoxy) is 1. The second kappa shape index (κ2) is 3.91. The monoisotopic (exact) mass is 236 g/mol. The van der Waals surface area contributed by atoms with Crippen LogP contribution in [0.4, 0.5) is 0 Å². The molecule has 1 saturated heterocycles. The van der Waals surface area contributed by atoms with Crippen LogP contribution < -0.4 is 0 Å². The van der Waals surface area contributed by atoms with E-state index in [2.05, 4.69) is 4.74 Å². The average Bonchev–Trinajstić information content (AvgIpc) is 2.54. The number of cyclic esters (lactones) is 2. The summed E-state index contributed by atoms with van der Waals surface area (Å²) >= 11 is 0. The molecule has 2 rings (SSSR count). The number of carbonyl (C=O) groups excluding carboxylic acids is 4. The highest BCUT2D eigenvalue weighted by Crippen LogP contribution is 2.41. The summed E-state index contributed by atoms with van der Waals surface area (Å²) in [5.74, 6) is -4.08. The molecule has 0 aromatic rings. The Balaban J connectivity index is 2.47. The third-order valence-electron chi connectivity index (χ3n) is 3.38. The molecule has 1 fully saturated rings. The molecule has 0 N–H and O–H groups in total. The number of allylic oxidation sites excluding steroid dienone is 1. The number of esters is 2. The van der Waals surface area contributed by atoms with Crippen molar-refractivity contribution in [3.63, 3.8) is 0 Å². The zero-order valence-corrected chi connectivity index (χ0v) is 9.56. The van der Waals surface area contributed by atoms with Gasteiger partial charge in [0.1, 0.15) is 5.78 Å². The van der Waals surface area contributed by atoms with Gasteiger partial charge in [0.2, 0.25) is 0 Å². The van der Waals surface area contributed by atoms with E-state index in [9.17, 15) is 19.2 Å². The Hall–Kier alpha value is -1.78. The van der Waals surface area contributed by atoms with E-state index in [0.717, 1.165) is 0 Å². The summed E-state index contributed by atoms with van der Waals surface area (Å²) in [5, 5.41) is 0. The van der Waals surface area contributed by atoms with E-state index >= 15 is 0 Å². The number of Topliss-reactive ketones (excluding diaryl/α,β-unsaturated/α-hetero) is 2. The van der Waals surface area contributed by atoms with Crippen LogP contribution in [0.25, 0.3) is 0 Å². The molecule has 1 aliphatic carbocycles. The van der Waals surface area contributed by atoms with Crippen molar-refractivity contribution in [1.29, 1.82) is 0 Å². The van der Waals surface area contributed by atoms with Crippen LogP contribution in [-0.2, 0) is 23.9 Å². The van der Waals surface area contributed by atoms with E-state index in [1.54, 1.807) is 6.08 Å². The van der Waals surface area contributed by atoms with E-state index in [-0.39, 0.29) is 11.6 Å². The van der Waals surface area contributed by atoms with Gasteiger partial charge in [-0.15, -0.1) is 0 Å². The van der Waals surface area contributed by atoms with Crippen molar-refractivity contribution in [3.05, 3.63) is 11.6 Å². The lowest BCUT2D eigenvalue weighted by Gasteiger charge is -2.26. The third-order valence-corrected chi connectivity index (χ3v) is 3.38. The number of hydrogen-bond donors (Lipinski definition) is 0. The highest BCUT2D eigenvalue weighted by atomic mass is 16.6. The molecule has 90 valence electrons. The van der Waals surface area contributed by atoms with Crippen molar-refractivity contribution < 1.29 is 23.9 Å². The van der Waals surface area contributed by atoms with Crippen LogP contribution in [0.2, 0.25) is 0 Å². The summed E-state index contributed by atoms with van der Waals surface area (Å²) in [5.41, 5.74) is 0.295. The molecule has 0 aromatic heterocycles. The lowest BCUT2D eigenvalue weighted by molar-refractivity contribution is -0.154. The largest absolute Gasteiger partial charge is 0.392 e. The van der Waals surface area contributed by atoms with E-state index in [4.69, 9.17) is 0 Å². The van der Waals surface area contributed by atoms with Gasteiger partial charge in [0.15, 0.2) is 5.78 Å². The van der Waals surface area contributed by atoms with Crippen LogP contribution >= 0.6 is 0 Å². The molecule has 17 heavy (non-hydrogen) atoms. The second-order valence-electron chi connectivity index (χ2n) is 4.41. The summed E-state index contributed by atoms with van der Waals surface area (Å²) in [6.07, 6.45) is 1.89. The first kappa shape index (κ1) is 11.7. The fourth-order valence-electron chi connectivity index (χ4n) is 2.54. The first-order chi connectivity index (χ1) is 7.93. The van der Waals surface area contributed by atoms with E-state index in [0.29, 0.717) is 12.0 Å². The Morgan fingerprint density at radius 1 is 1.24 bits per heavy atom. The molecule has 0 saturated carbocycles. The molecule has 0 aromatic carbocycles. The van der Waals surface area contributed by atoms with Crippen molar-refractivity contribution in [2.45, 2.75) is 20.3 Å². The molecule has 0 bridgehead atoms. The number of fused-ring (bicyclic) bond motifs is 1. The van der Waals surface area contributed by atoms with Gasteiger partial charge in [-0.25, -0.2) is 0 Å². The maximum Gasteiger partial charge on any atom is 0.322 e. The van der Waals surface area contributed by atoms with Crippen LogP contribution in [0.5, 0.6) is 0 Å². The molecule has 0 radical (unpaired) electrons. The number of hydrogen-bond acceptors (Lipinski definition) is 5. The molecular formula is C12H12O5. The van der Waals surface area contributed by atoms with Crippen molar-refractivity contribution in [2.75, 3.05) is 0 Å². The zero-order chi connectivity index (χ0) is 12.7. The van der Waals surface area contributed by atoms with Gasteiger partial charge in [0.25, 0.3) is 0 Å². The molecule has 3 unspecified atom stereocenters. The first-order valence-electron chi connectivity index (χ1n) is 5.40. The normalized spacial score (nSPS) is 31.6. The smallest absolute Gasteiger partial charge is 0.322 e. The summed E-state index contributed by atoms with van der Waals surface area (Å²) in [6.45, 7) is 2.72. The maximum absolute atomic E-state index is 11.6. The van der Waals surface area contributed by atoms with Crippen molar-refractivity contribution in [3.8, 4) is 0 Å². The van der Waals surface area contributed by atoms with E-state index < -0.39 is 29.7 Å². The van der Waals surface area contributed by atoms with Crippen molar-refractivity contribution in [1.82, 2.24) is 0 Å². The van der Waals surface area contributed by atoms with E-state index in [1.807, 2.05) is 0 Å². The Kier molecular flexibility index (Phi) is 2.69. The maximum atomic E-state index is 11.6. The second-order valence-corrected chi connectivity index (χ2v) is 4.41. The predicted molar refractivity (Wildman–Crippen MR) is 55.6 cm³/mol. The Bertz CT molecular complexity index is 460. The highest BCUT2D eigenvalue weighted by Gasteiger charge is 2.53. The van der Waals surface area contributed by atoms with Gasteiger partial charge in [-0.2, -0.15) is 0 Å². The SMILES string of the molecule is CC(=O)C1=CCC(C(C)=O)C2C(=O)OC(=O)C12. The minimum Gasteiger partial charge on any atom is -0.392 e. The first-order valence-corrected chi connectivity index (χ1v) is 5.40. The van der Waals surface area contributed by atoms with Crippen LogP contribution in [0.1, 0.15) is 20.3 Å². The third kappa shape index (κ3) is 1.71. The molecule has 3 atom stereocenters. The van der Waals surface area contributed by atoms with Gasteiger partial charge in [0, 0.05) is 11.5 Å². The summed E-state index contributed by atoms with van der Waals surface area (Å²) < 4.78 is 4.55. The van der Waals surface area contributed by atoms with Gasteiger partial charge in [-0.05, 0) is 20.3 Å². The molecule has 5 heteroatoms. The minimum atomic E-state index is -0.886. The average molecular weight is 236 g/mol. The summed E-state index contributed by atoms with van der Waals surface area (Å²) in [4.78, 5) is 46.0.